The summed E-state index contributed by atoms with van der Waals surface area (Å²) >= 11 is 0. The van der Waals surface area contributed by atoms with Gasteiger partial charge in [-0.05, 0) is 55.3 Å². The first kappa shape index (κ1) is 30.8. The van der Waals surface area contributed by atoms with Crippen molar-refractivity contribution in [3.05, 3.63) is 222 Å². The molecule has 0 unspecified atom stereocenters. The number of hydrogen-bond acceptors (Lipinski definition) is 3. The van der Waals surface area contributed by atoms with Gasteiger partial charge in [0, 0.05) is 16.7 Å². The highest BCUT2D eigenvalue weighted by molar-refractivity contribution is 5.97. The Labute approximate surface area is 309 Å². The number of nitrogens with zero attached hydrogens (tertiary/aromatic N) is 3. The van der Waals surface area contributed by atoms with E-state index in [-0.39, 0.29) is 0 Å². The second kappa shape index (κ2) is 12.7. The number of benzene rings is 8. The molecule has 0 saturated carbocycles. The van der Waals surface area contributed by atoms with Gasteiger partial charge in [0.15, 0.2) is 17.5 Å². The first-order valence-corrected chi connectivity index (χ1v) is 18.0. The molecule has 1 heterocycles. The fourth-order valence-electron chi connectivity index (χ4n) is 8.29. The van der Waals surface area contributed by atoms with Crippen LogP contribution in [0, 0.1) is 0 Å². The lowest BCUT2D eigenvalue weighted by molar-refractivity contribution is 0.768. The fraction of sp³-hybridized carbons (Fsp3) is 0.0200. The molecular formula is C50H33N3. The molecule has 3 heteroatoms. The van der Waals surface area contributed by atoms with Crippen molar-refractivity contribution in [2.24, 2.45) is 0 Å². The van der Waals surface area contributed by atoms with Crippen LogP contribution in [0.4, 0.5) is 0 Å². The van der Waals surface area contributed by atoms with Crippen LogP contribution in [0.3, 0.4) is 0 Å². The zero-order chi connectivity index (χ0) is 35.2. The Morgan fingerprint density at radius 1 is 0.302 bits per heavy atom. The molecule has 3 nitrogen and oxygen atoms in total. The van der Waals surface area contributed by atoms with Crippen LogP contribution in [-0.4, -0.2) is 15.0 Å². The summed E-state index contributed by atoms with van der Waals surface area (Å²) < 4.78 is 0. The van der Waals surface area contributed by atoms with E-state index in [4.69, 9.17) is 15.0 Å². The highest BCUT2D eigenvalue weighted by atomic mass is 15.0. The molecule has 0 atom stereocenters. The molecule has 0 radical (unpaired) electrons. The van der Waals surface area contributed by atoms with Gasteiger partial charge in [-0.25, -0.2) is 15.0 Å². The van der Waals surface area contributed by atoms with Crippen molar-refractivity contribution in [1.29, 1.82) is 0 Å². The third-order valence-corrected chi connectivity index (χ3v) is 10.6. The second-order valence-corrected chi connectivity index (χ2v) is 13.5. The van der Waals surface area contributed by atoms with Crippen LogP contribution in [0.25, 0.3) is 67.2 Å². The van der Waals surface area contributed by atoms with E-state index in [2.05, 4.69) is 194 Å². The maximum Gasteiger partial charge on any atom is 0.164 e. The van der Waals surface area contributed by atoms with Crippen LogP contribution in [0.15, 0.2) is 200 Å². The van der Waals surface area contributed by atoms with Crippen molar-refractivity contribution < 1.29 is 0 Å². The van der Waals surface area contributed by atoms with Gasteiger partial charge in [-0.2, -0.15) is 0 Å². The van der Waals surface area contributed by atoms with E-state index >= 15 is 0 Å². The molecule has 8 aromatic carbocycles. The van der Waals surface area contributed by atoms with Crippen molar-refractivity contribution in [3.63, 3.8) is 0 Å². The summed E-state index contributed by atoms with van der Waals surface area (Å²) in [6.07, 6.45) is 0. The lowest BCUT2D eigenvalue weighted by atomic mass is 9.67. The van der Waals surface area contributed by atoms with Crippen molar-refractivity contribution in [3.8, 4) is 56.4 Å². The zero-order valence-electron chi connectivity index (χ0n) is 28.9. The predicted octanol–water partition coefficient (Wildman–Crippen LogP) is 12.1. The standard InChI is InChI=1S/C50H33N3/c1-4-16-34(17-5-1)35-30-32-37(33-31-35)47-51-48(41-26-14-19-36-18-10-11-24-40(36)41)53-49(52-47)43-27-15-29-45-46(43)42-25-12-13-28-44(42)50(45,38-20-6-2-7-21-38)39-22-8-3-9-23-39/h1-33H. The van der Waals surface area contributed by atoms with E-state index in [1.165, 1.54) is 33.4 Å². The average molecular weight is 676 g/mol. The Hall–Kier alpha value is -6.97. The summed E-state index contributed by atoms with van der Waals surface area (Å²) in [6.45, 7) is 0. The molecule has 0 saturated heterocycles. The van der Waals surface area contributed by atoms with Gasteiger partial charge >= 0.3 is 0 Å². The summed E-state index contributed by atoms with van der Waals surface area (Å²) in [4.78, 5) is 15.8. The van der Waals surface area contributed by atoms with E-state index in [1.807, 2.05) is 6.07 Å². The van der Waals surface area contributed by atoms with Gasteiger partial charge in [0.1, 0.15) is 0 Å². The van der Waals surface area contributed by atoms with Crippen LogP contribution < -0.4 is 0 Å². The minimum Gasteiger partial charge on any atom is -0.208 e. The molecule has 0 aliphatic heterocycles. The molecule has 0 fully saturated rings. The Morgan fingerprint density at radius 2 is 0.774 bits per heavy atom. The van der Waals surface area contributed by atoms with Gasteiger partial charge in [-0.3, -0.25) is 0 Å². The van der Waals surface area contributed by atoms with Crippen molar-refractivity contribution in [1.82, 2.24) is 15.0 Å². The van der Waals surface area contributed by atoms with Crippen molar-refractivity contribution in [2.45, 2.75) is 5.41 Å². The average Bonchev–Trinajstić information content (AvgIpc) is 3.55. The largest absolute Gasteiger partial charge is 0.208 e. The second-order valence-electron chi connectivity index (χ2n) is 13.5. The summed E-state index contributed by atoms with van der Waals surface area (Å²) in [5.74, 6) is 1.93. The van der Waals surface area contributed by atoms with Gasteiger partial charge < -0.3 is 0 Å². The molecule has 1 aromatic heterocycles. The molecule has 1 aliphatic rings. The SMILES string of the molecule is c1ccc(-c2ccc(-c3nc(-c4cccc5c4-c4ccccc4C5(c4ccccc4)c4ccccc4)nc(-c4cccc5ccccc45)n3)cc2)cc1. The molecule has 0 bridgehead atoms. The quantitative estimate of drug-likeness (QED) is 0.176. The topological polar surface area (TPSA) is 38.7 Å². The molecule has 0 amide bonds. The molecule has 248 valence electrons. The van der Waals surface area contributed by atoms with E-state index < -0.39 is 5.41 Å². The monoisotopic (exact) mass is 675 g/mol. The van der Waals surface area contributed by atoms with Crippen LogP contribution in [0.5, 0.6) is 0 Å². The number of fused-ring (bicyclic) bond motifs is 4. The van der Waals surface area contributed by atoms with E-state index in [1.54, 1.807) is 0 Å². The molecule has 0 spiro atoms. The van der Waals surface area contributed by atoms with E-state index in [9.17, 15) is 0 Å². The third-order valence-electron chi connectivity index (χ3n) is 10.6. The minimum absolute atomic E-state index is 0.522. The van der Waals surface area contributed by atoms with Gasteiger partial charge in [-0.1, -0.05) is 200 Å². The van der Waals surface area contributed by atoms with Gasteiger partial charge in [-0.15, -0.1) is 0 Å². The molecule has 10 rings (SSSR count). The highest BCUT2D eigenvalue weighted by Crippen LogP contribution is 2.58. The Balaban J connectivity index is 1.24. The van der Waals surface area contributed by atoms with Crippen molar-refractivity contribution >= 4 is 10.8 Å². The minimum atomic E-state index is -0.522. The van der Waals surface area contributed by atoms with Gasteiger partial charge in [0.05, 0.1) is 5.41 Å². The predicted molar refractivity (Wildman–Crippen MR) is 216 cm³/mol. The fourth-order valence-corrected chi connectivity index (χ4v) is 8.29. The molecule has 53 heavy (non-hydrogen) atoms. The first-order valence-electron chi connectivity index (χ1n) is 18.0. The molecule has 0 N–H and O–H groups in total. The summed E-state index contributed by atoms with van der Waals surface area (Å²) in [6, 6.07) is 71.0. The smallest absolute Gasteiger partial charge is 0.164 e. The van der Waals surface area contributed by atoms with Crippen LogP contribution in [0.2, 0.25) is 0 Å². The normalized spacial score (nSPS) is 12.7. The van der Waals surface area contributed by atoms with Gasteiger partial charge in [0.2, 0.25) is 0 Å². The first-order chi connectivity index (χ1) is 26.3. The van der Waals surface area contributed by atoms with Crippen LogP contribution in [0.1, 0.15) is 22.3 Å². The molecule has 9 aromatic rings. The van der Waals surface area contributed by atoms with E-state index in [0.717, 1.165) is 38.6 Å². The van der Waals surface area contributed by atoms with Crippen LogP contribution in [-0.2, 0) is 5.41 Å². The zero-order valence-corrected chi connectivity index (χ0v) is 28.9. The van der Waals surface area contributed by atoms with Crippen LogP contribution >= 0.6 is 0 Å². The molecular weight excluding hydrogens is 643 g/mol. The van der Waals surface area contributed by atoms with E-state index in [0.29, 0.717) is 17.5 Å². The Kier molecular flexibility index (Phi) is 7.36. The summed E-state index contributed by atoms with van der Waals surface area (Å²) in [5.41, 5.74) is 11.9. The lowest BCUT2D eigenvalue weighted by Gasteiger charge is -2.33. The number of aromatic nitrogens is 3. The Morgan fingerprint density at radius 3 is 1.51 bits per heavy atom. The number of hydrogen-bond donors (Lipinski definition) is 0. The maximum absolute atomic E-state index is 5.34. The highest BCUT2D eigenvalue weighted by Gasteiger charge is 2.47. The summed E-state index contributed by atoms with van der Waals surface area (Å²) in [5, 5.41) is 2.25. The van der Waals surface area contributed by atoms with Gasteiger partial charge in [0.25, 0.3) is 0 Å². The Bertz CT molecular complexity index is 2710. The molecule has 1 aliphatic carbocycles. The maximum atomic E-state index is 5.34. The van der Waals surface area contributed by atoms with Crippen molar-refractivity contribution in [2.75, 3.05) is 0 Å². The lowest BCUT2D eigenvalue weighted by Crippen LogP contribution is -2.28. The number of rotatable bonds is 6. The third kappa shape index (κ3) is 5.01. The summed E-state index contributed by atoms with van der Waals surface area (Å²) in [7, 11) is 0.